The fourth-order valence-corrected chi connectivity index (χ4v) is 2.57. The summed E-state index contributed by atoms with van der Waals surface area (Å²) in [6.45, 7) is 1.56. The molecule has 1 heterocycles. The SMILES string of the molecule is COc1ccc([C@@]2(C)NC(=O)N(/N=C\c3ccc(F)c(F)c3)C2=O)cc1. The van der Waals surface area contributed by atoms with Crippen molar-refractivity contribution in [2.45, 2.75) is 12.5 Å². The molecule has 0 aromatic heterocycles. The van der Waals surface area contributed by atoms with Crippen LogP contribution < -0.4 is 10.1 Å². The van der Waals surface area contributed by atoms with Crippen molar-refractivity contribution in [3.8, 4) is 5.75 Å². The largest absolute Gasteiger partial charge is 0.497 e. The monoisotopic (exact) mass is 359 g/mol. The molecule has 6 nitrogen and oxygen atoms in total. The Balaban J connectivity index is 1.85. The molecule has 1 N–H and O–H groups in total. The molecular formula is C18H15F2N3O3. The number of amides is 3. The van der Waals surface area contributed by atoms with Gasteiger partial charge >= 0.3 is 6.03 Å². The Hall–Kier alpha value is -3.29. The van der Waals surface area contributed by atoms with Crippen LogP contribution in [0.5, 0.6) is 5.75 Å². The second kappa shape index (κ2) is 6.55. The van der Waals surface area contributed by atoms with Crippen molar-refractivity contribution in [1.29, 1.82) is 0 Å². The zero-order chi connectivity index (χ0) is 18.9. The Labute approximate surface area is 148 Å². The first-order valence-electron chi connectivity index (χ1n) is 7.65. The van der Waals surface area contributed by atoms with Gasteiger partial charge in [0.05, 0.1) is 13.3 Å². The van der Waals surface area contributed by atoms with Gasteiger partial charge in [0, 0.05) is 0 Å². The van der Waals surface area contributed by atoms with E-state index in [-0.39, 0.29) is 5.56 Å². The lowest BCUT2D eigenvalue weighted by Gasteiger charge is -2.21. The Morgan fingerprint density at radius 3 is 2.42 bits per heavy atom. The van der Waals surface area contributed by atoms with Crippen LogP contribution in [0, 0.1) is 11.6 Å². The summed E-state index contributed by atoms with van der Waals surface area (Å²) in [5, 5.41) is 7.06. The summed E-state index contributed by atoms with van der Waals surface area (Å²) < 4.78 is 31.3. The fourth-order valence-electron chi connectivity index (χ4n) is 2.57. The highest BCUT2D eigenvalue weighted by molar-refractivity contribution is 6.07. The van der Waals surface area contributed by atoms with Crippen LogP contribution in [0.4, 0.5) is 13.6 Å². The van der Waals surface area contributed by atoms with Crippen LogP contribution in [0.25, 0.3) is 0 Å². The maximum atomic E-state index is 13.2. The van der Waals surface area contributed by atoms with Gasteiger partial charge in [0.1, 0.15) is 11.3 Å². The third-order valence-corrected chi connectivity index (χ3v) is 4.10. The Bertz CT molecular complexity index is 899. The summed E-state index contributed by atoms with van der Waals surface area (Å²) in [7, 11) is 1.52. The van der Waals surface area contributed by atoms with Crippen LogP contribution >= 0.6 is 0 Å². The highest BCUT2D eigenvalue weighted by atomic mass is 19.2. The molecule has 0 unspecified atom stereocenters. The van der Waals surface area contributed by atoms with E-state index in [0.717, 1.165) is 18.3 Å². The van der Waals surface area contributed by atoms with Crippen LogP contribution in [0.1, 0.15) is 18.1 Å². The maximum absolute atomic E-state index is 13.2. The number of nitrogens with zero attached hydrogens (tertiary/aromatic N) is 2. The third-order valence-electron chi connectivity index (χ3n) is 4.10. The molecule has 1 saturated heterocycles. The molecule has 134 valence electrons. The lowest BCUT2D eigenvalue weighted by Crippen LogP contribution is -2.40. The van der Waals surface area contributed by atoms with Gasteiger partial charge in [0.2, 0.25) is 0 Å². The number of hydrazone groups is 1. The van der Waals surface area contributed by atoms with Crippen LogP contribution in [-0.2, 0) is 10.3 Å². The molecule has 3 amide bonds. The average molecular weight is 359 g/mol. The summed E-state index contributed by atoms with van der Waals surface area (Å²) >= 11 is 0. The van der Waals surface area contributed by atoms with E-state index in [9.17, 15) is 18.4 Å². The van der Waals surface area contributed by atoms with E-state index >= 15 is 0 Å². The minimum atomic E-state index is -1.30. The van der Waals surface area contributed by atoms with Gasteiger partial charge in [-0.1, -0.05) is 18.2 Å². The highest BCUT2D eigenvalue weighted by Gasteiger charge is 2.49. The number of nitrogens with one attached hydrogen (secondary N) is 1. The molecule has 0 bridgehead atoms. The van der Waals surface area contributed by atoms with E-state index in [1.54, 1.807) is 31.2 Å². The third kappa shape index (κ3) is 3.01. The van der Waals surface area contributed by atoms with Crippen molar-refractivity contribution in [3.05, 3.63) is 65.2 Å². The number of ether oxygens (including phenoxy) is 1. The second-order valence-corrected chi connectivity index (χ2v) is 5.82. The molecule has 0 spiro atoms. The molecule has 0 radical (unpaired) electrons. The predicted octanol–water partition coefficient (Wildman–Crippen LogP) is 2.77. The van der Waals surface area contributed by atoms with E-state index in [1.165, 1.54) is 13.2 Å². The first kappa shape index (κ1) is 17.5. The number of benzene rings is 2. The molecular weight excluding hydrogens is 344 g/mol. The number of rotatable bonds is 4. The minimum Gasteiger partial charge on any atom is -0.497 e. The number of urea groups is 1. The standard InChI is InChI=1S/C18H15F2N3O3/c1-18(12-4-6-13(26-2)7-5-12)16(24)23(17(25)22-18)21-10-11-3-8-14(19)15(20)9-11/h3-10H,1-2H3,(H,22,25)/b21-10-/t18-/m1/s1. The van der Waals surface area contributed by atoms with Gasteiger partial charge in [-0.25, -0.2) is 13.6 Å². The second-order valence-electron chi connectivity index (χ2n) is 5.82. The molecule has 1 aliphatic rings. The van der Waals surface area contributed by atoms with Crippen LogP contribution in [-0.4, -0.2) is 30.3 Å². The maximum Gasteiger partial charge on any atom is 0.346 e. The molecule has 2 aromatic rings. The molecule has 1 atom stereocenters. The average Bonchev–Trinajstić information content (AvgIpc) is 2.86. The first-order chi connectivity index (χ1) is 12.3. The van der Waals surface area contributed by atoms with E-state index in [1.807, 2.05) is 0 Å². The van der Waals surface area contributed by atoms with Crippen LogP contribution in [0.2, 0.25) is 0 Å². The van der Waals surface area contributed by atoms with E-state index in [0.29, 0.717) is 16.3 Å². The van der Waals surface area contributed by atoms with E-state index in [4.69, 9.17) is 4.74 Å². The molecule has 0 aliphatic carbocycles. The van der Waals surface area contributed by atoms with Crippen molar-refractivity contribution in [3.63, 3.8) is 0 Å². The minimum absolute atomic E-state index is 0.211. The molecule has 1 fully saturated rings. The summed E-state index contributed by atoms with van der Waals surface area (Å²) in [6.07, 6.45) is 1.11. The quantitative estimate of drug-likeness (QED) is 0.674. The molecule has 1 aliphatic heterocycles. The molecule has 8 heteroatoms. The van der Waals surface area contributed by atoms with Gasteiger partial charge < -0.3 is 10.1 Å². The Morgan fingerprint density at radius 1 is 1.12 bits per heavy atom. The number of halogens is 2. The van der Waals surface area contributed by atoms with Crippen LogP contribution in [0.15, 0.2) is 47.6 Å². The Morgan fingerprint density at radius 2 is 1.81 bits per heavy atom. The smallest absolute Gasteiger partial charge is 0.346 e. The van der Waals surface area contributed by atoms with Crippen molar-refractivity contribution >= 4 is 18.2 Å². The van der Waals surface area contributed by atoms with Crippen LogP contribution in [0.3, 0.4) is 0 Å². The molecule has 26 heavy (non-hydrogen) atoms. The number of carbonyl (C=O) groups excluding carboxylic acids is 2. The van der Waals surface area contributed by atoms with Gasteiger partial charge in [-0.3, -0.25) is 4.79 Å². The summed E-state index contributed by atoms with van der Waals surface area (Å²) in [6, 6.07) is 9.10. The fraction of sp³-hybridized carbons (Fsp3) is 0.167. The van der Waals surface area contributed by atoms with Gasteiger partial charge in [-0.15, -0.1) is 5.01 Å². The van der Waals surface area contributed by atoms with Gasteiger partial charge in [-0.05, 0) is 42.3 Å². The number of imide groups is 1. The van der Waals surface area contributed by atoms with Gasteiger partial charge in [0.25, 0.3) is 5.91 Å². The highest BCUT2D eigenvalue weighted by Crippen LogP contribution is 2.30. The van der Waals surface area contributed by atoms with Crippen molar-refractivity contribution < 1.29 is 23.1 Å². The zero-order valence-corrected chi connectivity index (χ0v) is 14.0. The number of hydrogen-bond donors (Lipinski definition) is 1. The van der Waals surface area contributed by atoms with Gasteiger partial charge in [0.15, 0.2) is 11.6 Å². The normalized spacial score (nSPS) is 19.9. The molecule has 3 rings (SSSR count). The van der Waals surface area contributed by atoms with Crippen molar-refractivity contribution in [1.82, 2.24) is 10.3 Å². The number of carbonyl (C=O) groups is 2. The molecule has 2 aromatic carbocycles. The lowest BCUT2D eigenvalue weighted by atomic mass is 9.92. The Kier molecular flexibility index (Phi) is 4.41. The lowest BCUT2D eigenvalue weighted by molar-refractivity contribution is -0.131. The van der Waals surface area contributed by atoms with E-state index in [2.05, 4.69) is 10.4 Å². The van der Waals surface area contributed by atoms with Crippen molar-refractivity contribution in [2.24, 2.45) is 5.10 Å². The predicted molar refractivity (Wildman–Crippen MR) is 89.7 cm³/mol. The molecule has 0 saturated carbocycles. The summed E-state index contributed by atoms with van der Waals surface area (Å²) in [5.74, 6) is -2.02. The number of hydrogen-bond acceptors (Lipinski definition) is 4. The van der Waals surface area contributed by atoms with Gasteiger partial charge in [-0.2, -0.15) is 5.10 Å². The van der Waals surface area contributed by atoms with Crippen molar-refractivity contribution in [2.75, 3.05) is 7.11 Å². The number of methoxy groups -OCH3 is 1. The zero-order valence-electron chi connectivity index (χ0n) is 14.0. The summed E-state index contributed by atoms with van der Waals surface area (Å²) in [5.41, 5.74) is -0.529. The van der Waals surface area contributed by atoms with E-state index < -0.39 is 29.1 Å². The summed E-state index contributed by atoms with van der Waals surface area (Å²) in [4.78, 5) is 24.9. The first-order valence-corrected chi connectivity index (χ1v) is 7.65. The topological polar surface area (TPSA) is 71.0 Å².